The fraction of sp³-hybridized carbons (Fsp3) is 0.357. The fourth-order valence-electron chi connectivity index (χ4n) is 1.30. The number of rotatable bonds is 2. The smallest absolute Gasteiger partial charge is 0.465 e. The summed E-state index contributed by atoms with van der Waals surface area (Å²) in [5, 5.41) is 0. The van der Waals surface area contributed by atoms with Gasteiger partial charge in [0.25, 0.3) is 0 Å². The van der Waals surface area contributed by atoms with Crippen LogP contribution >= 0.6 is 0 Å². The molecule has 0 N–H and O–H groups in total. The first-order chi connectivity index (χ1) is 9.23. The minimum atomic E-state index is -1.09. The molecule has 0 saturated heterocycles. The molecule has 0 unspecified atom stereocenters. The molecule has 0 aliphatic rings. The van der Waals surface area contributed by atoms with Crippen LogP contribution in [0.5, 0.6) is 0 Å². The summed E-state index contributed by atoms with van der Waals surface area (Å²) in [5.74, 6) is -1.48. The quantitative estimate of drug-likeness (QED) is 0.612. The lowest BCUT2D eigenvalue weighted by Gasteiger charge is -2.18. The average molecular weight is 280 g/mol. The van der Waals surface area contributed by atoms with Crippen molar-refractivity contribution in [2.45, 2.75) is 26.4 Å². The number of methoxy groups -OCH3 is 1. The molecule has 0 heterocycles. The summed E-state index contributed by atoms with van der Waals surface area (Å²) in [6.07, 6.45) is -1.09. The zero-order chi connectivity index (χ0) is 15.3. The maximum absolute atomic E-state index is 11.7. The second-order valence-electron chi connectivity index (χ2n) is 4.93. The van der Waals surface area contributed by atoms with Crippen molar-refractivity contribution in [1.29, 1.82) is 0 Å². The van der Waals surface area contributed by atoms with Crippen molar-refractivity contribution in [3.63, 3.8) is 0 Å². The standard InChI is InChI=1S/C14H16O6/c1-14(2,3)20-13(17)19-12(16)10-7-5-6-9(8-10)11(15)18-4/h5-8H,1-4H3. The van der Waals surface area contributed by atoms with Crippen LogP contribution in [0.3, 0.4) is 0 Å². The van der Waals surface area contributed by atoms with E-state index < -0.39 is 23.7 Å². The molecule has 20 heavy (non-hydrogen) atoms. The van der Waals surface area contributed by atoms with E-state index in [2.05, 4.69) is 9.47 Å². The van der Waals surface area contributed by atoms with Crippen LogP contribution in [0.15, 0.2) is 24.3 Å². The molecule has 0 fully saturated rings. The Kier molecular flexibility index (Phi) is 4.85. The third-order valence-electron chi connectivity index (χ3n) is 2.08. The highest BCUT2D eigenvalue weighted by Gasteiger charge is 2.21. The molecule has 0 aliphatic carbocycles. The molecule has 0 saturated carbocycles. The van der Waals surface area contributed by atoms with Gasteiger partial charge in [0, 0.05) is 0 Å². The van der Waals surface area contributed by atoms with E-state index in [1.54, 1.807) is 20.8 Å². The Bertz CT molecular complexity index is 527. The summed E-state index contributed by atoms with van der Waals surface area (Å²) in [6, 6.07) is 5.66. The number of ether oxygens (including phenoxy) is 3. The second-order valence-corrected chi connectivity index (χ2v) is 4.93. The first-order valence-electron chi connectivity index (χ1n) is 5.86. The van der Waals surface area contributed by atoms with Crippen molar-refractivity contribution in [3.8, 4) is 0 Å². The molecule has 0 aliphatic heterocycles. The van der Waals surface area contributed by atoms with Crippen LogP contribution in [0.1, 0.15) is 41.5 Å². The number of hydrogen-bond acceptors (Lipinski definition) is 6. The molecule has 0 amide bonds. The zero-order valence-corrected chi connectivity index (χ0v) is 11.8. The normalized spacial score (nSPS) is 10.6. The lowest BCUT2D eigenvalue weighted by Crippen LogP contribution is -2.26. The van der Waals surface area contributed by atoms with E-state index >= 15 is 0 Å². The predicted molar refractivity (Wildman–Crippen MR) is 69.4 cm³/mol. The van der Waals surface area contributed by atoms with Crippen molar-refractivity contribution in [2.75, 3.05) is 7.11 Å². The third-order valence-corrected chi connectivity index (χ3v) is 2.08. The molecular formula is C14H16O6. The van der Waals surface area contributed by atoms with Gasteiger partial charge in [0.2, 0.25) is 0 Å². The van der Waals surface area contributed by atoms with Crippen LogP contribution in [-0.4, -0.2) is 30.8 Å². The highest BCUT2D eigenvalue weighted by molar-refractivity contribution is 5.98. The van der Waals surface area contributed by atoms with Gasteiger partial charge in [-0.1, -0.05) is 6.07 Å². The van der Waals surface area contributed by atoms with Crippen molar-refractivity contribution >= 4 is 18.1 Å². The van der Waals surface area contributed by atoms with Gasteiger partial charge in [-0.3, -0.25) is 0 Å². The summed E-state index contributed by atoms with van der Waals surface area (Å²) >= 11 is 0. The van der Waals surface area contributed by atoms with Crippen molar-refractivity contribution in [2.24, 2.45) is 0 Å². The molecule has 6 nitrogen and oxygen atoms in total. The van der Waals surface area contributed by atoms with E-state index in [0.29, 0.717) is 0 Å². The van der Waals surface area contributed by atoms with Crippen LogP contribution in [0.2, 0.25) is 0 Å². The van der Waals surface area contributed by atoms with Crippen LogP contribution < -0.4 is 0 Å². The van der Waals surface area contributed by atoms with Crippen molar-refractivity contribution in [3.05, 3.63) is 35.4 Å². The monoisotopic (exact) mass is 280 g/mol. The molecular weight excluding hydrogens is 264 g/mol. The Morgan fingerprint density at radius 3 is 2.05 bits per heavy atom. The Morgan fingerprint density at radius 1 is 1.00 bits per heavy atom. The first-order valence-corrected chi connectivity index (χ1v) is 5.86. The predicted octanol–water partition coefficient (Wildman–Crippen LogP) is 2.57. The van der Waals surface area contributed by atoms with Crippen molar-refractivity contribution < 1.29 is 28.6 Å². The number of benzene rings is 1. The lowest BCUT2D eigenvalue weighted by atomic mass is 10.1. The lowest BCUT2D eigenvalue weighted by molar-refractivity contribution is -0.00155. The maximum Gasteiger partial charge on any atom is 0.516 e. The summed E-state index contributed by atoms with van der Waals surface area (Å²) in [4.78, 5) is 34.4. The maximum atomic E-state index is 11.7. The van der Waals surface area contributed by atoms with Crippen LogP contribution in [-0.2, 0) is 14.2 Å². The van der Waals surface area contributed by atoms with Gasteiger partial charge in [-0.05, 0) is 39.0 Å². The molecule has 0 bridgehead atoms. The van der Waals surface area contributed by atoms with E-state index in [0.717, 1.165) is 0 Å². The van der Waals surface area contributed by atoms with Gasteiger partial charge >= 0.3 is 18.1 Å². The number of carbonyl (C=O) groups is 3. The van der Waals surface area contributed by atoms with E-state index in [4.69, 9.17) is 4.74 Å². The minimum absolute atomic E-state index is 0.0544. The van der Waals surface area contributed by atoms with Gasteiger partial charge in [-0.25, -0.2) is 14.4 Å². The van der Waals surface area contributed by atoms with Gasteiger partial charge in [-0.15, -0.1) is 0 Å². The fourth-order valence-corrected chi connectivity index (χ4v) is 1.30. The van der Waals surface area contributed by atoms with Crippen molar-refractivity contribution in [1.82, 2.24) is 0 Å². The summed E-state index contributed by atoms with van der Waals surface area (Å²) in [5.41, 5.74) is -0.518. The van der Waals surface area contributed by atoms with Gasteiger partial charge in [0.1, 0.15) is 5.60 Å². The highest BCUT2D eigenvalue weighted by atomic mass is 16.7. The summed E-state index contributed by atoms with van der Waals surface area (Å²) in [6.45, 7) is 4.95. The minimum Gasteiger partial charge on any atom is -0.465 e. The topological polar surface area (TPSA) is 78.9 Å². The third kappa shape index (κ3) is 4.72. The molecule has 0 aromatic heterocycles. The van der Waals surface area contributed by atoms with E-state index in [1.807, 2.05) is 0 Å². The first kappa shape index (κ1) is 15.7. The van der Waals surface area contributed by atoms with E-state index in [-0.39, 0.29) is 11.1 Å². The Hall–Kier alpha value is -2.37. The average Bonchev–Trinajstić information content (AvgIpc) is 2.35. The summed E-state index contributed by atoms with van der Waals surface area (Å²) < 4.78 is 13.9. The molecule has 1 rings (SSSR count). The van der Waals surface area contributed by atoms with Gasteiger partial charge in [0.05, 0.1) is 18.2 Å². The molecule has 6 heteroatoms. The molecule has 1 aromatic carbocycles. The molecule has 0 atom stereocenters. The highest BCUT2D eigenvalue weighted by Crippen LogP contribution is 2.11. The second kappa shape index (κ2) is 6.18. The molecule has 108 valence electrons. The number of carbonyl (C=O) groups excluding carboxylic acids is 3. The summed E-state index contributed by atoms with van der Waals surface area (Å²) in [7, 11) is 1.23. The molecule has 0 spiro atoms. The Labute approximate surface area is 116 Å². The van der Waals surface area contributed by atoms with Gasteiger partial charge < -0.3 is 14.2 Å². The number of hydrogen-bond donors (Lipinski definition) is 0. The molecule has 0 radical (unpaired) electrons. The zero-order valence-electron chi connectivity index (χ0n) is 11.8. The SMILES string of the molecule is COC(=O)c1cccc(C(=O)OC(=O)OC(C)(C)C)c1. The van der Waals surface area contributed by atoms with E-state index in [9.17, 15) is 14.4 Å². The Balaban J connectivity index is 2.78. The van der Waals surface area contributed by atoms with Crippen LogP contribution in [0.4, 0.5) is 4.79 Å². The van der Waals surface area contributed by atoms with Gasteiger partial charge in [-0.2, -0.15) is 0 Å². The Morgan fingerprint density at radius 2 is 1.55 bits per heavy atom. The van der Waals surface area contributed by atoms with Crippen LogP contribution in [0, 0.1) is 0 Å². The van der Waals surface area contributed by atoms with E-state index in [1.165, 1.54) is 31.4 Å². The largest absolute Gasteiger partial charge is 0.516 e. The van der Waals surface area contributed by atoms with Crippen LogP contribution in [0.25, 0.3) is 0 Å². The molecule has 1 aromatic rings. The van der Waals surface area contributed by atoms with Gasteiger partial charge in [0.15, 0.2) is 0 Å². The number of esters is 2.